The van der Waals surface area contributed by atoms with Gasteiger partial charge < -0.3 is 9.80 Å². The van der Waals surface area contributed by atoms with Gasteiger partial charge in [-0.3, -0.25) is 0 Å². The lowest BCUT2D eigenvalue weighted by molar-refractivity contribution is 0.283. The molecule has 0 bridgehead atoms. The number of anilines is 1. The van der Waals surface area contributed by atoms with Gasteiger partial charge in [0, 0.05) is 25.7 Å². The second kappa shape index (κ2) is 5.77. The molecule has 1 aromatic heterocycles. The van der Waals surface area contributed by atoms with Crippen molar-refractivity contribution < 1.29 is 13.2 Å². The van der Waals surface area contributed by atoms with E-state index in [0.29, 0.717) is 25.1 Å². The highest BCUT2D eigenvalue weighted by molar-refractivity contribution is 5.40. The molecule has 0 atom stereocenters. The van der Waals surface area contributed by atoms with Crippen molar-refractivity contribution in [1.82, 2.24) is 9.88 Å². The van der Waals surface area contributed by atoms with Gasteiger partial charge in [0.15, 0.2) is 17.5 Å². The molecule has 1 fully saturated rings. The van der Waals surface area contributed by atoms with Gasteiger partial charge in [0.2, 0.25) is 0 Å². The Hall–Kier alpha value is -1.30. The number of piperidine rings is 1. The van der Waals surface area contributed by atoms with E-state index in [1.807, 2.05) is 14.1 Å². The highest BCUT2D eigenvalue weighted by atomic mass is 19.2. The highest BCUT2D eigenvalue weighted by Crippen LogP contribution is 2.25. The van der Waals surface area contributed by atoms with Gasteiger partial charge in [-0.2, -0.15) is 9.37 Å². The van der Waals surface area contributed by atoms with Crippen LogP contribution in [0.1, 0.15) is 12.8 Å². The summed E-state index contributed by atoms with van der Waals surface area (Å²) in [6.45, 7) is 2.22. The standard InChI is InChI=1S/C13H18F3N3/c1-18(2)8-9-3-5-19(6-4-9)13-11(15)7-10(14)12(16)17-13/h7,9H,3-6,8H2,1-2H3. The lowest BCUT2D eigenvalue weighted by Gasteiger charge is -2.34. The van der Waals surface area contributed by atoms with Crippen LogP contribution in [0.3, 0.4) is 0 Å². The summed E-state index contributed by atoms with van der Waals surface area (Å²) in [5, 5.41) is 0. The van der Waals surface area contributed by atoms with Crippen LogP contribution in [-0.2, 0) is 0 Å². The number of pyridine rings is 1. The fraction of sp³-hybridized carbons (Fsp3) is 0.615. The zero-order valence-corrected chi connectivity index (χ0v) is 11.2. The average Bonchev–Trinajstić information content (AvgIpc) is 2.34. The number of hydrogen-bond donors (Lipinski definition) is 0. The van der Waals surface area contributed by atoms with Gasteiger partial charge in [-0.15, -0.1) is 0 Å². The highest BCUT2D eigenvalue weighted by Gasteiger charge is 2.24. The molecule has 0 aliphatic carbocycles. The van der Waals surface area contributed by atoms with E-state index >= 15 is 0 Å². The van der Waals surface area contributed by atoms with E-state index in [4.69, 9.17) is 0 Å². The van der Waals surface area contributed by atoms with Crippen molar-refractivity contribution in [3.63, 3.8) is 0 Å². The normalized spacial score (nSPS) is 17.3. The molecule has 0 unspecified atom stereocenters. The van der Waals surface area contributed by atoms with E-state index in [1.54, 1.807) is 4.90 Å². The van der Waals surface area contributed by atoms with Crippen LogP contribution in [0.15, 0.2) is 6.07 Å². The first-order valence-electron chi connectivity index (χ1n) is 6.38. The summed E-state index contributed by atoms with van der Waals surface area (Å²) in [5.74, 6) is -2.82. The molecule has 3 nitrogen and oxygen atoms in total. The van der Waals surface area contributed by atoms with Crippen molar-refractivity contribution in [1.29, 1.82) is 0 Å². The van der Waals surface area contributed by atoms with E-state index in [1.165, 1.54) is 0 Å². The van der Waals surface area contributed by atoms with E-state index in [-0.39, 0.29) is 5.82 Å². The Balaban J connectivity index is 2.03. The van der Waals surface area contributed by atoms with E-state index in [0.717, 1.165) is 19.4 Å². The Labute approximate surface area is 111 Å². The first kappa shape index (κ1) is 14.1. The minimum absolute atomic E-state index is 0.0813. The molecule has 0 saturated carbocycles. The van der Waals surface area contributed by atoms with E-state index in [9.17, 15) is 13.2 Å². The van der Waals surface area contributed by atoms with E-state index in [2.05, 4.69) is 9.88 Å². The summed E-state index contributed by atoms with van der Waals surface area (Å²) in [6.07, 6.45) is 1.80. The summed E-state index contributed by atoms with van der Waals surface area (Å²) in [6, 6.07) is 0.559. The fourth-order valence-corrected chi connectivity index (χ4v) is 2.50. The zero-order valence-electron chi connectivity index (χ0n) is 11.2. The van der Waals surface area contributed by atoms with Crippen LogP contribution < -0.4 is 4.90 Å². The number of aromatic nitrogens is 1. The smallest absolute Gasteiger partial charge is 0.251 e. The first-order chi connectivity index (χ1) is 8.97. The van der Waals surface area contributed by atoms with Crippen LogP contribution in [-0.4, -0.2) is 43.6 Å². The van der Waals surface area contributed by atoms with Gasteiger partial charge in [0.05, 0.1) is 0 Å². The zero-order chi connectivity index (χ0) is 14.0. The topological polar surface area (TPSA) is 19.4 Å². The van der Waals surface area contributed by atoms with Crippen molar-refractivity contribution in [2.75, 3.05) is 38.6 Å². The Morgan fingerprint density at radius 3 is 2.42 bits per heavy atom. The molecule has 2 rings (SSSR count). The molecular formula is C13H18F3N3. The summed E-state index contributed by atoms with van der Waals surface area (Å²) < 4.78 is 39.5. The van der Waals surface area contributed by atoms with Crippen molar-refractivity contribution in [3.8, 4) is 0 Å². The molecule has 19 heavy (non-hydrogen) atoms. The van der Waals surface area contributed by atoms with Gasteiger partial charge in [0.25, 0.3) is 5.95 Å². The maximum atomic E-state index is 13.6. The second-order valence-corrected chi connectivity index (χ2v) is 5.26. The molecule has 106 valence electrons. The van der Waals surface area contributed by atoms with Crippen LogP contribution in [0.5, 0.6) is 0 Å². The predicted molar refractivity (Wildman–Crippen MR) is 67.6 cm³/mol. The minimum Gasteiger partial charge on any atom is -0.354 e. The summed E-state index contributed by atoms with van der Waals surface area (Å²) >= 11 is 0. The van der Waals surface area contributed by atoms with Gasteiger partial charge >= 0.3 is 0 Å². The Kier molecular flexibility index (Phi) is 4.29. The molecule has 1 aliphatic rings. The molecule has 0 radical (unpaired) electrons. The monoisotopic (exact) mass is 273 g/mol. The summed E-state index contributed by atoms with van der Waals surface area (Å²) in [7, 11) is 4.03. The molecule has 1 aromatic rings. The van der Waals surface area contributed by atoms with Gasteiger partial charge in [-0.05, 0) is 32.9 Å². The summed E-state index contributed by atoms with van der Waals surface area (Å²) in [4.78, 5) is 7.19. The molecule has 6 heteroatoms. The van der Waals surface area contributed by atoms with Gasteiger partial charge in [-0.25, -0.2) is 8.78 Å². The maximum absolute atomic E-state index is 13.6. The SMILES string of the molecule is CN(C)CC1CCN(c2nc(F)c(F)cc2F)CC1. The molecule has 1 saturated heterocycles. The van der Waals surface area contributed by atoms with Crippen molar-refractivity contribution in [2.24, 2.45) is 5.92 Å². The van der Waals surface area contributed by atoms with Crippen LogP contribution in [0.25, 0.3) is 0 Å². The number of nitrogens with zero attached hydrogens (tertiary/aromatic N) is 3. The third kappa shape index (κ3) is 3.37. The van der Waals surface area contributed by atoms with Crippen LogP contribution >= 0.6 is 0 Å². The number of rotatable bonds is 3. The summed E-state index contributed by atoms with van der Waals surface area (Å²) in [5.41, 5.74) is 0. The van der Waals surface area contributed by atoms with Gasteiger partial charge in [-0.1, -0.05) is 0 Å². The molecular weight excluding hydrogens is 255 g/mol. The number of hydrogen-bond acceptors (Lipinski definition) is 3. The Morgan fingerprint density at radius 1 is 1.21 bits per heavy atom. The lowest BCUT2D eigenvalue weighted by Crippen LogP contribution is -2.38. The van der Waals surface area contributed by atoms with Crippen molar-refractivity contribution in [3.05, 3.63) is 23.6 Å². The number of halogens is 3. The second-order valence-electron chi connectivity index (χ2n) is 5.26. The molecule has 0 N–H and O–H groups in total. The third-order valence-corrected chi connectivity index (χ3v) is 3.41. The molecule has 2 heterocycles. The minimum atomic E-state index is -1.25. The molecule has 1 aliphatic heterocycles. The largest absolute Gasteiger partial charge is 0.354 e. The molecule has 0 spiro atoms. The molecule has 0 aromatic carbocycles. The Bertz CT molecular complexity index is 443. The third-order valence-electron chi connectivity index (χ3n) is 3.41. The lowest BCUT2D eigenvalue weighted by atomic mass is 9.96. The fourth-order valence-electron chi connectivity index (χ4n) is 2.50. The van der Waals surface area contributed by atoms with Crippen LogP contribution in [0, 0.1) is 23.5 Å². The quantitative estimate of drug-likeness (QED) is 0.788. The Morgan fingerprint density at radius 2 is 1.84 bits per heavy atom. The average molecular weight is 273 g/mol. The first-order valence-corrected chi connectivity index (χ1v) is 6.38. The van der Waals surface area contributed by atoms with E-state index < -0.39 is 17.6 Å². The van der Waals surface area contributed by atoms with Crippen LogP contribution in [0.2, 0.25) is 0 Å². The van der Waals surface area contributed by atoms with Gasteiger partial charge in [0.1, 0.15) is 0 Å². The van der Waals surface area contributed by atoms with Crippen molar-refractivity contribution >= 4 is 5.82 Å². The maximum Gasteiger partial charge on any atom is 0.251 e. The molecule has 0 amide bonds. The predicted octanol–water partition coefficient (Wildman–Crippen LogP) is 2.28. The van der Waals surface area contributed by atoms with Crippen molar-refractivity contribution in [2.45, 2.75) is 12.8 Å². The van der Waals surface area contributed by atoms with Crippen LogP contribution in [0.4, 0.5) is 19.0 Å².